The first-order chi connectivity index (χ1) is 14.1. The van der Waals surface area contributed by atoms with Gasteiger partial charge in [-0.15, -0.1) is 0 Å². The van der Waals surface area contributed by atoms with E-state index in [0.29, 0.717) is 41.4 Å². The summed E-state index contributed by atoms with van der Waals surface area (Å²) in [7, 11) is 0. The number of hydrogen-bond acceptors (Lipinski definition) is 3. The van der Waals surface area contributed by atoms with Gasteiger partial charge in [0.25, 0.3) is 0 Å². The Bertz CT molecular complexity index is 649. The van der Waals surface area contributed by atoms with Crippen molar-refractivity contribution in [1.29, 1.82) is 0 Å². The second-order valence-corrected chi connectivity index (χ2v) is 12.0. The Hall–Kier alpha value is -0.610. The van der Waals surface area contributed by atoms with Crippen LogP contribution in [0.5, 0.6) is 0 Å². The fraction of sp³-hybridized carbons (Fsp3) is 0.962. The van der Waals surface area contributed by atoms with Crippen LogP contribution in [0.25, 0.3) is 0 Å². The van der Waals surface area contributed by atoms with Crippen molar-refractivity contribution >= 4 is 5.97 Å². The Morgan fingerprint density at radius 1 is 1.00 bits per heavy atom. The van der Waals surface area contributed by atoms with Crippen molar-refractivity contribution in [3.05, 3.63) is 0 Å². The molecule has 0 aliphatic heterocycles. The lowest BCUT2D eigenvalue weighted by molar-refractivity contribution is -0.203. The van der Waals surface area contributed by atoms with E-state index in [1.165, 1.54) is 25.7 Å². The summed E-state index contributed by atoms with van der Waals surface area (Å²) in [5, 5.41) is 31.3. The Morgan fingerprint density at radius 3 is 2.33 bits per heavy atom. The van der Waals surface area contributed by atoms with E-state index >= 15 is 0 Å². The van der Waals surface area contributed by atoms with Crippen LogP contribution in [0.3, 0.4) is 0 Å². The van der Waals surface area contributed by atoms with Gasteiger partial charge < -0.3 is 15.3 Å². The van der Waals surface area contributed by atoms with Crippen LogP contribution in [-0.2, 0) is 4.79 Å². The predicted molar refractivity (Wildman–Crippen MR) is 118 cm³/mol. The van der Waals surface area contributed by atoms with E-state index in [9.17, 15) is 15.0 Å². The SMILES string of the molecule is CC[C@H]1[C@@H](O)[C@@H]2[C@H](CC[C@]3(C)C([C@H](C)CCC(=O)O)CC[C@@H]23)C2(C)CC[C@@H](O)C[C@@H]12. The molecule has 0 aromatic rings. The molecule has 4 fully saturated rings. The van der Waals surface area contributed by atoms with Crippen molar-refractivity contribution in [1.82, 2.24) is 0 Å². The minimum Gasteiger partial charge on any atom is -0.481 e. The summed E-state index contributed by atoms with van der Waals surface area (Å²) in [4.78, 5) is 11.1. The molecule has 0 aromatic carbocycles. The van der Waals surface area contributed by atoms with Crippen molar-refractivity contribution in [3.8, 4) is 0 Å². The van der Waals surface area contributed by atoms with Crippen LogP contribution in [-0.4, -0.2) is 33.5 Å². The summed E-state index contributed by atoms with van der Waals surface area (Å²) >= 11 is 0. The molecule has 4 nitrogen and oxygen atoms in total. The van der Waals surface area contributed by atoms with E-state index in [2.05, 4.69) is 27.7 Å². The van der Waals surface area contributed by atoms with Crippen molar-refractivity contribution < 1.29 is 20.1 Å². The number of aliphatic carboxylic acids is 1. The Morgan fingerprint density at radius 2 is 1.67 bits per heavy atom. The highest BCUT2D eigenvalue weighted by atomic mass is 16.4. The maximum Gasteiger partial charge on any atom is 0.303 e. The smallest absolute Gasteiger partial charge is 0.303 e. The number of aliphatic hydroxyl groups excluding tert-OH is 2. The predicted octanol–water partition coefficient (Wildman–Crippen LogP) is 5.11. The van der Waals surface area contributed by atoms with Gasteiger partial charge >= 0.3 is 5.97 Å². The van der Waals surface area contributed by atoms with Gasteiger partial charge in [0.05, 0.1) is 12.2 Å². The number of carboxylic acids is 1. The molecule has 4 heteroatoms. The van der Waals surface area contributed by atoms with Crippen molar-refractivity contribution in [2.45, 2.75) is 104 Å². The van der Waals surface area contributed by atoms with Gasteiger partial charge in [0, 0.05) is 6.42 Å². The average molecular weight is 421 g/mol. The summed E-state index contributed by atoms with van der Waals surface area (Å²) in [6.07, 6.45) is 9.27. The minimum atomic E-state index is -0.683. The molecule has 4 rings (SSSR count). The molecule has 0 spiro atoms. The standard InChI is InChI=1S/C26H44O4/c1-5-17-21-14-16(27)10-12-26(21,4)20-11-13-25(3)18(15(2)6-9-22(28)29)7-8-19(25)23(20)24(17)30/h15-21,23-24,27,30H,5-14H2,1-4H3,(H,28,29)/t15-,16-,17-,18?,19+,20+,21+,23+,24-,25-,26?/m1/s1. The van der Waals surface area contributed by atoms with Gasteiger partial charge in [-0.1, -0.05) is 34.1 Å². The lowest BCUT2D eigenvalue weighted by Gasteiger charge is -2.64. The van der Waals surface area contributed by atoms with E-state index in [1.54, 1.807) is 0 Å². The highest BCUT2D eigenvalue weighted by Crippen LogP contribution is 2.69. The first kappa shape index (κ1) is 22.6. The summed E-state index contributed by atoms with van der Waals surface area (Å²) in [5.74, 6) is 2.58. The second kappa shape index (κ2) is 8.06. The van der Waals surface area contributed by atoms with Gasteiger partial charge in [0.15, 0.2) is 0 Å². The number of fused-ring (bicyclic) bond motifs is 5. The fourth-order valence-corrected chi connectivity index (χ4v) is 9.48. The van der Waals surface area contributed by atoms with Crippen molar-refractivity contribution in [3.63, 3.8) is 0 Å². The summed E-state index contributed by atoms with van der Waals surface area (Å²) in [5.41, 5.74) is 0.480. The summed E-state index contributed by atoms with van der Waals surface area (Å²) in [6, 6.07) is 0. The van der Waals surface area contributed by atoms with Crippen LogP contribution in [0.2, 0.25) is 0 Å². The Kier molecular flexibility index (Phi) is 6.07. The molecule has 0 amide bonds. The molecule has 0 saturated heterocycles. The maximum atomic E-state index is 11.7. The monoisotopic (exact) mass is 420 g/mol. The lowest BCUT2D eigenvalue weighted by atomic mass is 9.41. The van der Waals surface area contributed by atoms with Crippen LogP contribution in [0, 0.1) is 52.3 Å². The first-order valence-corrected chi connectivity index (χ1v) is 12.7. The van der Waals surface area contributed by atoms with Gasteiger partial charge in [0.2, 0.25) is 0 Å². The highest BCUT2D eigenvalue weighted by Gasteiger charge is 2.64. The zero-order valence-electron chi connectivity index (χ0n) is 19.5. The zero-order valence-corrected chi connectivity index (χ0v) is 19.5. The van der Waals surface area contributed by atoms with Crippen LogP contribution in [0.4, 0.5) is 0 Å². The number of aliphatic hydroxyl groups is 2. The zero-order chi connectivity index (χ0) is 21.8. The van der Waals surface area contributed by atoms with Crippen LogP contribution < -0.4 is 0 Å². The van der Waals surface area contributed by atoms with Crippen LogP contribution in [0.1, 0.15) is 91.9 Å². The molecule has 4 saturated carbocycles. The van der Waals surface area contributed by atoms with Crippen LogP contribution in [0.15, 0.2) is 0 Å². The molecule has 4 aliphatic carbocycles. The van der Waals surface area contributed by atoms with Gasteiger partial charge in [0.1, 0.15) is 0 Å². The molecule has 0 aromatic heterocycles. The Balaban J connectivity index is 1.61. The number of carbonyl (C=O) groups is 1. The highest BCUT2D eigenvalue weighted by molar-refractivity contribution is 5.66. The third-order valence-electron chi connectivity index (χ3n) is 11.0. The first-order valence-electron chi connectivity index (χ1n) is 12.7. The molecule has 11 atom stereocenters. The lowest BCUT2D eigenvalue weighted by Crippen LogP contribution is -2.62. The molecule has 172 valence electrons. The molecule has 0 radical (unpaired) electrons. The van der Waals surface area contributed by atoms with Crippen LogP contribution >= 0.6 is 0 Å². The average Bonchev–Trinajstić information content (AvgIpc) is 3.05. The van der Waals surface area contributed by atoms with E-state index in [4.69, 9.17) is 5.11 Å². The number of carboxylic acid groups (broad SMARTS) is 1. The van der Waals surface area contributed by atoms with Gasteiger partial charge in [-0.2, -0.15) is 0 Å². The molecule has 2 unspecified atom stereocenters. The largest absolute Gasteiger partial charge is 0.481 e. The van der Waals surface area contributed by atoms with Gasteiger partial charge in [-0.05, 0) is 104 Å². The number of rotatable bonds is 5. The molecular weight excluding hydrogens is 376 g/mol. The van der Waals surface area contributed by atoms with Crippen molar-refractivity contribution in [2.24, 2.45) is 52.3 Å². The normalized spacial score (nSPS) is 51.5. The summed E-state index contributed by atoms with van der Waals surface area (Å²) in [6.45, 7) is 9.44. The van der Waals surface area contributed by atoms with E-state index in [0.717, 1.165) is 32.1 Å². The number of hydrogen-bond donors (Lipinski definition) is 3. The van der Waals surface area contributed by atoms with E-state index < -0.39 is 5.97 Å². The third kappa shape index (κ3) is 3.36. The fourth-order valence-electron chi connectivity index (χ4n) is 9.48. The molecule has 30 heavy (non-hydrogen) atoms. The maximum absolute atomic E-state index is 11.7. The molecule has 4 aliphatic rings. The molecule has 0 bridgehead atoms. The third-order valence-corrected chi connectivity index (χ3v) is 11.0. The minimum absolute atomic E-state index is 0.194. The molecule has 0 heterocycles. The van der Waals surface area contributed by atoms with Crippen molar-refractivity contribution in [2.75, 3.05) is 0 Å². The summed E-state index contributed by atoms with van der Waals surface area (Å²) < 4.78 is 0. The Labute approximate surface area is 182 Å². The van der Waals surface area contributed by atoms with Gasteiger partial charge in [-0.3, -0.25) is 4.79 Å². The van der Waals surface area contributed by atoms with E-state index in [1.807, 2.05) is 0 Å². The molecule has 3 N–H and O–H groups in total. The quantitative estimate of drug-likeness (QED) is 0.577. The topological polar surface area (TPSA) is 77.8 Å². The van der Waals surface area contributed by atoms with Gasteiger partial charge in [-0.25, -0.2) is 0 Å². The van der Waals surface area contributed by atoms with E-state index in [-0.39, 0.29) is 29.5 Å². The molecular formula is C26H44O4. The second-order valence-electron chi connectivity index (χ2n) is 12.0.